The summed E-state index contributed by atoms with van der Waals surface area (Å²) in [6.07, 6.45) is 5.88. The van der Waals surface area contributed by atoms with Crippen molar-refractivity contribution in [3.63, 3.8) is 0 Å². The summed E-state index contributed by atoms with van der Waals surface area (Å²) in [6, 6.07) is -1.68. The minimum atomic E-state index is -1.56. The Hall–Kier alpha value is -10.3. The van der Waals surface area contributed by atoms with Crippen molar-refractivity contribution in [2.24, 2.45) is 52.2 Å². The number of fused-ring (bicyclic) bond motifs is 1. The number of thioether (sulfide) groups is 1. The van der Waals surface area contributed by atoms with Crippen LogP contribution in [0.15, 0.2) is 54.7 Å². The van der Waals surface area contributed by atoms with Gasteiger partial charge in [0.2, 0.25) is 88.6 Å². The van der Waals surface area contributed by atoms with E-state index in [1.807, 2.05) is 40.7 Å². The van der Waals surface area contributed by atoms with Crippen molar-refractivity contribution in [3.8, 4) is 6.07 Å². The lowest BCUT2D eigenvalue weighted by Crippen LogP contribution is -2.60. The van der Waals surface area contributed by atoms with Crippen LogP contribution in [-0.4, -0.2) is 210 Å². The van der Waals surface area contributed by atoms with Gasteiger partial charge >= 0.3 is 0 Å². The van der Waals surface area contributed by atoms with Gasteiger partial charge < -0.3 is 109 Å². The fourth-order valence-electron chi connectivity index (χ4n) is 11.9. The highest BCUT2D eigenvalue weighted by atomic mass is 32.2. The largest absolute Gasteiger partial charge is 0.370 e. The summed E-state index contributed by atoms with van der Waals surface area (Å²) in [5.74, 6) is -12.4. The van der Waals surface area contributed by atoms with Gasteiger partial charge in [-0.3, -0.25) is 71.9 Å². The van der Waals surface area contributed by atoms with E-state index in [-0.39, 0.29) is 94.3 Å². The highest BCUT2D eigenvalue weighted by molar-refractivity contribution is 7.98. The van der Waals surface area contributed by atoms with Crippen LogP contribution in [0.4, 0.5) is 0 Å². The van der Waals surface area contributed by atoms with Gasteiger partial charge in [0.15, 0.2) is 0 Å². The van der Waals surface area contributed by atoms with Crippen molar-refractivity contribution in [3.05, 3.63) is 71.4 Å². The number of hydrogen-bond donors (Lipinski definition) is 20. The Kier molecular flexibility index (Phi) is 44.2. The van der Waals surface area contributed by atoms with Crippen molar-refractivity contribution in [2.45, 2.75) is 244 Å². The number of hydrogen-bond acceptors (Lipinski definition) is 21. The smallest absolute Gasteiger partial charge is 0.243 e. The molecular weight excluding hydrogens is 1490 g/mol. The molecular formula is C77H123N21O15S. The third-order valence-corrected chi connectivity index (χ3v) is 19.5. The molecule has 0 aliphatic rings. The molecule has 1 heterocycles. The van der Waals surface area contributed by atoms with Crippen molar-refractivity contribution in [2.75, 3.05) is 38.2 Å². The first-order chi connectivity index (χ1) is 54.0. The molecule has 15 amide bonds. The monoisotopic (exact) mass is 1610 g/mol. The van der Waals surface area contributed by atoms with Gasteiger partial charge in [0.05, 0.1) is 30.6 Å². The molecule has 0 aliphatic heterocycles. The van der Waals surface area contributed by atoms with Crippen LogP contribution in [-0.2, 0) is 84.8 Å². The maximum Gasteiger partial charge on any atom is 0.243 e. The molecule has 36 nitrogen and oxygen atoms in total. The van der Waals surface area contributed by atoms with Crippen LogP contribution in [0.2, 0.25) is 0 Å². The number of H-pyrrole nitrogens is 1. The van der Waals surface area contributed by atoms with Crippen LogP contribution < -0.4 is 104 Å². The maximum absolute atomic E-state index is 14.6. The van der Waals surface area contributed by atoms with Gasteiger partial charge in [-0.2, -0.15) is 17.0 Å². The van der Waals surface area contributed by atoms with Crippen LogP contribution in [0.5, 0.6) is 0 Å². The zero-order valence-electron chi connectivity index (χ0n) is 67.2. The van der Waals surface area contributed by atoms with E-state index in [0.29, 0.717) is 72.7 Å². The quantitative estimate of drug-likeness (QED) is 0.0266. The predicted octanol–water partition coefficient (Wildman–Crippen LogP) is -2.22. The van der Waals surface area contributed by atoms with E-state index in [0.717, 1.165) is 0 Å². The zero-order chi connectivity index (χ0) is 85.3. The predicted molar refractivity (Wildman–Crippen MR) is 431 cm³/mol. The van der Waals surface area contributed by atoms with Gasteiger partial charge in [0, 0.05) is 29.9 Å². The summed E-state index contributed by atoms with van der Waals surface area (Å²) in [5, 5.41) is 44.1. The van der Waals surface area contributed by atoms with Crippen LogP contribution in [0.1, 0.15) is 169 Å². The summed E-state index contributed by atoms with van der Waals surface area (Å²) < 4.78 is 0. The molecule has 0 aliphatic carbocycles. The average molecular weight is 1620 g/mol. The second kappa shape index (κ2) is 51.4. The molecule has 0 fully saturated rings. The number of nitrogens with zero attached hydrogens (tertiary/aromatic N) is 1. The summed E-state index contributed by atoms with van der Waals surface area (Å²) in [7, 11) is 0. The third kappa shape index (κ3) is 35.0. The number of unbranched alkanes of at least 4 members (excludes halogenated alkanes) is 3. The normalized spacial score (nSPS) is 14.9. The van der Waals surface area contributed by atoms with Crippen molar-refractivity contribution < 1.29 is 71.9 Å². The Morgan fingerprint density at radius 2 is 0.860 bits per heavy atom. The number of amides is 15. The molecule has 37 heteroatoms. The summed E-state index contributed by atoms with van der Waals surface area (Å²) in [6.45, 7) is 14.9. The van der Waals surface area contributed by atoms with E-state index in [1.165, 1.54) is 56.8 Å². The van der Waals surface area contributed by atoms with E-state index in [9.17, 15) is 77.2 Å². The fourth-order valence-corrected chi connectivity index (χ4v) is 12.4. The summed E-state index contributed by atoms with van der Waals surface area (Å²) in [4.78, 5) is 210. The molecule has 0 spiro atoms. The number of rotatable bonds is 54. The molecule has 114 heavy (non-hydrogen) atoms. The van der Waals surface area contributed by atoms with E-state index in [2.05, 4.69) is 74.1 Å². The zero-order valence-corrected chi connectivity index (χ0v) is 68.0. The Morgan fingerprint density at radius 3 is 1.35 bits per heavy atom. The number of nitrogens with two attached hydrogens (primary N) is 6. The van der Waals surface area contributed by atoms with Crippen LogP contribution in [0, 0.1) is 29.1 Å². The van der Waals surface area contributed by atoms with Crippen molar-refractivity contribution in [1.82, 2.24) is 74.1 Å². The first-order valence-corrected chi connectivity index (χ1v) is 40.3. The maximum atomic E-state index is 14.6. The Labute approximate surface area is 670 Å². The van der Waals surface area contributed by atoms with Gasteiger partial charge in [-0.25, -0.2) is 0 Å². The Balaban J connectivity index is 1.80. The molecule has 26 N–H and O–H groups in total. The van der Waals surface area contributed by atoms with Gasteiger partial charge in [0.25, 0.3) is 0 Å². The number of carbonyl (C=O) groups excluding carboxylic acids is 15. The second-order valence-corrected chi connectivity index (χ2v) is 30.5. The van der Waals surface area contributed by atoms with Gasteiger partial charge in [-0.1, -0.05) is 78.3 Å². The second-order valence-electron chi connectivity index (χ2n) is 29.5. The molecule has 0 unspecified atom stereocenters. The number of aromatic amines is 1. The lowest BCUT2D eigenvalue weighted by atomic mass is 9.98. The molecule has 3 aromatic rings. The van der Waals surface area contributed by atoms with E-state index in [4.69, 9.17) is 34.4 Å². The first kappa shape index (κ1) is 97.9. The number of benzene rings is 2. The van der Waals surface area contributed by atoms with E-state index in [1.54, 1.807) is 43.6 Å². The van der Waals surface area contributed by atoms with Crippen LogP contribution >= 0.6 is 11.8 Å². The highest BCUT2D eigenvalue weighted by Crippen LogP contribution is 2.21. The van der Waals surface area contributed by atoms with Gasteiger partial charge in [-0.05, 0) is 177 Å². The number of aromatic nitrogens is 1. The number of carbonyl (C=O) groups is 15. The minimum Gasteiger partial charge on any atom is -0.370 e. The van der Waals surface area contributed by atoms with Crippen LogP contribution in [0.25, 0.3) is 10.9 Å². The molecule has 2 aromatic carbocycles. The molecule has 0 bridgehead atoms. The molecule has 0 radical (unpaired) electrons. The number of primary amides is 2. The molecule has 0 saturated carbocycles. The number of para-hydroxylation sites is 1. The van der Waals surface area contributed by atoms with E-state index < -0.39 is 180 Å². The van der Waals surface area contributed by atoms with Crippen molar-refractivity contribution >= 4 is 111 Å². The molecule has 3 rings (SSSR count). The highest BCUT2D eigenvalue weighted by Gasteiger charge is 2.37. The van der Waals surface area contributed by atoms with Crippen LogP contribution in [0.3, 0.4) is 0 Å². The Bertz CT molecular complexity index is 3740. The average Bonchev–Trinajstić information content (AvgIpc) is 1.71. The SMILES string of the molecule is CC[C@H](C)[C@H](N)C(=O)N[C@@H](CC(N)=O)C(=O)N[C@@H](Cc1c[nH]c2ccccc12)C(=O)N[C@@H](CCCCN)C(=O)NCC(=O)N[C@@H](Cc1ccc(C#N)cc1)C(=O)N[C@@H](C)C(=O)N[C@@H](C)C(=O)N[C@@H](CCSC)C(=O)N[C@@H](C)C(=O)N[C@@H](CCCCN)C(=O)N[C@@H](CCCCN)C(=O)N[C@@H](CC(C)C)C(=O)N[C@@H](CC(C)C)C(N)=O. The summed E-state index contributed by atoms with van der Waals surface area (Å²) >= 11 is 1.35. The van der Waals surface area contributed by atoms with Crippen molar-refractivity contribution in [1.29, 1.82) is 5.26 Å². The van der Waals surface area contributed by atoms with Gasteiger partial charge in [0.1, 0.15) is 72.5 Å². The lowest BCUT2D eigenvalue weighted by molar-refractivity contribution is -0.136. The lowest BCUT2D eigenvalue weighted by Gasteiger charge is -2.28. The number of nitrogens with one attached hydrogen (secondary N) is 14. The standard InChI is InChI=1S/C77H123N21O15S/c1-11-44(6)64(83)77(113)98-61(38-62(82)99)76(112)97-60(37-50-40-85-52-21-13-12-20-51(50)52)75(111)93-53(22-14-17-30-78)69(105)86-41-63(100)90-59(36-48-25-27-49(39-81)28-26-48)73(109)89-45(7)66(102)87-46(8)67(103)92-56(29-33-114-10)70(106)88-47(9)68(104)91-54(23-15-18-31-79)71(107)94-55(24-16-19-32-80)72(108)96-58(35-43(4)5)74(110)95-57(65(84)101)34-42(2)3/h12-13,20-21,25-28,40,42-47,53-61,64,85H,11,14-19,22-24,29-38,41,78-80,83H2,1-10H3,(H2,82,99)(H2,84,101)(H,86,105)(H,87,102)(H,88,106)(H,89,109)(H,90,100)(H,91,104)(H,92,103)(H,93,111)(H,94,107)(H,95,110)(H,96,108)(H,97,112)(H,98,113)/t44-,45-,46-,47-,53-,54-,55-,56-,57-,58-,59-,60-,61-,64-/m0/s1. The van der Waals surface area contributed by atoms with Gasteiger partial charge in [-0.15, -0.1) is 0 Å². The number of nitriles is 1. The first-order valence-electron chi connectivity index (χ1n) is 38.9. The van der Waals surface area contributed by atoms with E-state index >= 15 is 0 Å². The molecule has 14 atom stereocenters. The topological polar surface area (TPSA) is 608 Å². The summed E-state index contributed by atoms with van der Waals surface area (Å²) in [5.41, 5.74) is 36.7. The Morgan fingerprint density at radius 1 is 0.456 bits per heavy atom. The minimum absolute atomic E-state index is 0.000469. The fraction of sp³-hybridized carbons (Fsp3) is 0.610. The molecule has 632 valence electrons. The molecule has 1 aromatic heterocycles. The third-order valence-electron chi connectivity index (χ3n) is 18.9. The molecule has 0 saturated heterocycles.